The second kappa shape index (κ2) is 10.1. The summed E-state index contributed by atoms with van der Waals surface area (Å²) in [6.07, 6.45) is 0. The molecule has 1 amide bonds. The number of nitrogens with one attached hydrogen (secondary N) is 1. The number of hydrogen-bond acceptors (Lipinski definition) is 3. The molecule has 0 radical (unpaired) electrons. The van der Waals surface area contributed by atoms with E-state index in [4.69, 9.17) is 11.6 Å². The minimum atomic E-state index is -3.91. The monoisotopic (exact) mass is 456 g/mol. The fourth-order valence-corrected chi connectivity index (χ4v) is 4.74. The van der Waals surface area contributed by atoms with E-state index in [1.165, 1.54) is 0 Å². The number of benzene rings is 3. The minimum Gasteiger partial charge on any atom is -0.348 e. The molecule has 0 saturated carbocycles. The molecule has 0 unspecified atom stereocenters. The molecule has 0 aliphatic rings. The Hall–Kier alpha value is -2.67. The average molecular weight is 457 g/mol. The normalized spacial score (nSPS) is 12.5. The van der Waals surface area contributed by atoms with Crippen LogP contribution in [-0.4, -0.2) is 25.2 Å². The number of aryl methyl sites for hydroxylation is 1. The summed E-state index contributed by atoms with van der Waals surface area (Å²) in [5.74, 6) is -0.390. The van der Waals surface area contributed by atoms with Crippen molar-refractivity contribution in [2.24, 2.45) is 0 Å². The number of amides is 1. The van der Waals surface area contributed by atoms with Gasteiger partial charge in [0.25, 0.3) is 0 Å². The van der Waals surface area contributed by atoms with Gasteiger partial charge >= 0.3 is 0 Å². The van der Waals surface area contributed by atoms with Crippen LogP contribution in [0.5, 0.6) is 0 Å². The second-order valence-electron chi connectivity index (χ2n) is 7.38. The van der Waals surface area contributed by atoms with Gasteiger partial charge in [-0.2, -0.15) is 4.31 Å². The van der Waals surface area contributed by atoms with Gasteiger partial charge in [-0.05, 0) is 43.2 Å². The molecule has 0 saturated heterocycles. The van der Waals surface area contributed by atoms with Crippen molar-refractivity contribution in [2.75, 3.05) is 6.54 Å². The lowest BCUT2D eigenvalue weighted by molar-refractivity contribution is -0.122. The van der Waals surface area contributed by atoms with E-state index in [0.717, 1.165) is 15.4 Å². The van der Waals surface area contributed by atoms with Crippen LogP contribution in [0.3, 0.4) is 0 Å². The van der Waals surface area contributed by atoms with Gasteiger partial charge in [-0.3, -0.25) is 4.79 Å². The zero-order valence-corrected chi connectivity index (χ0v) is 19.0. The molecule has 0 spiro atoms. The molecule has 7 heteroatoms. The number of hydrogen-bond donors (Lipinski definition) is 1. The van der Waals surface area contributed by atoms with Crippen molar-refractivity contribution >= 4 is 27.5 Å². The van der Waals surface area contributed by atoms with Crippen LogP contribution in [-0.2, 0) is 21.4 Å². The predicted molar refractivity (Wildman–Crippen MR) is 123 cm³/mol. The highest BCUT2D eigenvalue weighted by atomic mass is 35.5. The molecule has 31 heavy (non-hydrogen) atoms. The first kappa shape index (κ1) is 23.0. The topological polar surface area (TPSA) is 66.5 Å². The van der Waals surface area contributed by atoms with Crippen molar-refractivity contribution < 1.29 is 13.2 Å². The standard InChI is InChI=1S/C24H25ClN2O3S/c1-18-12-14-22(15-13-18)31(29,30)27(16-21-10-6-7-11-23(21)25)17-24(28)26-19(2)20-8-4-3-5-9-20/h3-15,19H,16-17H2,1-2H3,(H,26,28)/t19-/m0/s1. The zero-order chi connectivity index (χ0) is 22.4. The molecule has 0 bridgehead atoms. The third-order valence-electron chi connectivity index (χ3n) is 4.96. The van der Waals surface area contributed by atoms with Crippen LogP contribution in [0, 0.1) is 6.92 Å². The first-order chi connectivity index (χ1) is 14.8. The Kier molecular flexibility index (Phi) is 7.49. The van der Waals surface area contributed by atoms with Crippen molar-refractivity contribution in [2.45, 2.75) is 31.3 Å². The molecule has 0 heterocycles. The Bertz CT molecular complexity index is 1130. The Morgan fingerprint density at radius 2 is 1.58 bits per heavy atom. The molecule has 1 atom stereocenters. The lowest BCUT2D eigenvalue weighted by Crippen LogP contribution is -2.41. The van der Waals surface area contributed by atoms with Crippen LogP contribution in [0.2, 0.25) is 5.02 Å². The lowest BCUT2D eigenvalue weighted by Gasteiger charge is -2.24. The summed E-state index contributed by atoms with van der Waals surface area (Å²) < 4.78 is 27.9. The molecule has 0 aliphatic carbocycles. The predicted octanol–water partition coefficient (Wildman–Crippen LogP) is 4.72. The van der Waals surface area contributed by atoms with Gasteiger partial charge in [0.1, 0.15) is 0 Å². The molecule has 0 aliphatic heterocycles. The number of halogens is 1. The summed E-state index contributed by atoms with van der Waals surface area (Å²) in [5, 5.41) is 3.33. The van der Waals surface area contributed by atoms with E-state index in [2.05, 4.69) is 5.32 Å². The van der Waals surface area contributed by atoms with E-state index >= 15 is 0 Å². The Morgan fingerprint density at radius 3 is 2.23 bits per heavy atom. The molecule has 0 aromatic heterocycles. The number of rotatable bonds is 8. The van der Waals surface area contributed by atoms with Gasteiger partial charge in [-0.15, -0.1) is 0 Å². The molecule has 162 valence electrons. The van der Waals surface area contributed by atoms with E-state index in [-0.39, 0.29) is 29.9 Å². The minimum absolute atomic E-state index is 0.0109. The highest BCUT2D eigenvalue weighted by Crippen LogP contribution is 2.23. The van der Waals surface area contributed by atoms with Crippen molar-refractivity contribution in [3.05, 3.63) is 101 Å². The second-order valence-corrected chi connectivity index (χ2v) is 9.72. The molecule has 3 rings (SSSR count). The van der Waals surface area contributed by atoms with Crippen LogP contribution in [0.1, 0.15) is 29.7 Å². The van der Waals surface area contributed by atoms with Gasteiger partial charge in [0, 0.05) is 11.6 Å². The summed E-state index contributed by atoms with van der Waals surface area (Å²) in [5.41, 5.74) is 2.52. The fraction of sp³-hybridized carbons (Fsp3) is 0.208. The molecule has 3 aromatic carbocycles. The maximum Gasteiger partial charge on any atom is 0.243 e. The highest BCUT2D eigenvalue weighted by molar-refractivity contribution is 7.89. The van der Waals surface area contributed by atoms with E-state index in [9.17, 15) is 13.2 Å². The van der Waals surface area contributed by atoms with Gasteiger partial charge in [0.15, 0.2) is 0 Å². The van der Waals surface area contributed by atoms with Crippen LogP contribution in [0.4, 0.5) is 0 Å². The maximum atomic E-state index is 13.4. The molecule has 3 aromatic rings. The van der Waals surface area contributed by atoms with E-state index in [1.54, 1.807) is 48.5 Å². The van der Waals surface area contributed by atoms with Crippen LogP contribution < -0.4 is 5.32 Å². The maximum absolute atomic E-state index is 13.4. The van der Waals surface area contributed by atoms with Crippen LogP contribution >= 0.6 is 11.6 Å². The summed E-state index contributed by atoms with van der Waals surface area (Å²) in [4.78, 5) is 12.9. The van der Waals surface area contributed by atoms with Crippen molar-refractivity contribution in [1.29, 1.82) is 0 Å². The summed E-state index contributed by atoms with van der Waals surface area (Å²) in [6, 6.07) is 22.8. The van der Waals surface area contributed by atoms with Crippen molar-refractivity contribution in [1.82, 2.24) is 9.62 Å². The van der Waals surface area contributed by atoms with E-state index in [0.29, 0.717) is 10.6 Å². The largest absolute Gasteiger partial charge is 0.348 e. The number of carbonyl (C=O) groups excluding carboxylic acids is 1. The SMILES string of the molecule is Cc1ccc(S(=O)(=O)N(CC(=O)N[C@@H](C)c2ccccc2)Cc2ccccc2Cl)cc1. The first-order valence-electron chi connectivity index (χ1n) is 9.92. The van der Waals surface area contributed by atoms with Gasteiger partial charge < -0.3 is 5.32 Å². The smallest absolute Gasteiger partial charge is 0.243 e. The number of carbonyl (C=O) groups is 1. The van der Waals surface area contributed by atoms with Gasteiger partial charge in [0.05, 0.1) is 17.5 Å². The Morgan fingerprint density at radius 1 is 0.968 bits per heavy atom. The summed E-state index contributed by atoms with van der Waals surface area (Å²) in [6.45, 7) is 3.41. The third-order valence-corrected chi connectivity index (χ3v) is 7.13. The fourth-order valence-electron chi connectivity index (χ4n) is 3.17. The van der Waals surface area contributed by atoms with Gasteiger partial charge in [-0.25, -0.2) is 8.42 Å². The quantitative estimate of drug-likeness (QED) is 0.533. The molecule has 1 N–H and O–H groups in total. The van der Waals surface area contributed by atoms with Gasteiger partial charge in [0.2, 0.25) is 15.9 Å². The van der Waals surface area contributed by atoms with Crippen molar-refractivity contribution in [3.8, 4) is 0 Å². The zero-order valence-electron chi connectivity index (χ0n) is 17.5. The Labute approximate surface area is 188 Å². The van der Waals surface area contributed by atoms with Crippen LogP contribution in [0.15, 0.2) is 83.8 Å². The average Bonchev–Trinajstić information content (AvgIpc) is 2.75. The number of nitrogens with zero attached hydrogens (tertiary/aromatic N) is 1. The van der Waals surface area contributed by atoms with E-state index in [1.807, 2.05) is 44.2 Å². The summed E-state index contributed by atoms with van der Waals surface area (Å²) >= 11 is 6.26. The summed E-state index contributed by atoms with van der Waals surface area (Å²) in [7, 11) is -3.91. The third kappa shape index (κ3) is 5.94. The molecule has 5 nitrogen and oxygen atoms in total. The molecule has 0 fully saturated rings. The molecular weight excluding hydrogens is 432 g/mol. The highest BCUT2D eigenvalue weighted by Gasteiger charge is 2.28. The number of sulfonamides is 1. The van der Waals surface area contributed by atoms with Crippen LogP contribution in [0.25, 0.3) is 0 Å². The van der Waals surface area contributed by atoms with Gasteiger partial charge in [-0.1, -0.05) is 77.8 Å². The Balaban J connectivity index is 1.85. The van der Waals surface area contributed by atoms with Crippen molar-refractivity contribution in [3.63, 3.8) is 0 Å². The first-order valence-corrected chi connectivity index (χ1v) is 11.7. The molecular formula is C24H25ClN2O3S. The van der Waals surface area contributed by atoms with E-state index < -0.39 is 10.0 Å². The lowest BCUT2D eigenvalue weighted by atomic mass is 10.1.